The summed E-state index contributed by atoms with van der Waals surface area (Å²) in [6, 6.07) is 8.60. The predicted molar refractivity (Wildman–Crippen MR) is 74.7 cm³/mol. The summed E-state index contributed by atoms with van der Waals surface area (Å²) in [5.74, 6) is -1.33. The van der Waals surface area contributed by atoms with Gasteiger partial charge in [-0.05, 0) is 24.3 Å². The number of fused-ring (bicyclic) bond motifs is 1. The molecular weight excluding hydrogens is 276 g/mol. The highest BCUT2D eigenvalue weighted by atomic mass is 19.2. The fraction of sp³-hybridized carbons (Fsp3) is 0.0625. The Morgan fingerprint density at radius 1 is 1.14 bits per heavy atom. The summed E-state index contributed by atoms with van der Waals surface area (Å²) in [7, 11) is 1.82. The highest BCUT2D eigenvalue weighted by Gasteiger charge is 2.12. The number of carbonyl (C=O) groups excluding carboxylic acids is 1. The summed E-state index contributed by atoms with van der Waals surface area (Å²) in [5.41, 5.74) is 1.29. The minimum Gasteiger partial charge on any atom is -0.457 e. The molecular formula is C16H11F2NO2. The normalized spacial score (nSPS) is 10.8. The first-order valence-corrected chi connectivity index (χ1v) is 6.26. The summed E-state index contributed by atoms with van der Waals surface area (Å²) in [5, 5.41) is 0.639. The molecule has 0 aliphatic heterocycles. The maximum absolute atomic E-state index is 13.2. The number of hydrogen-bond donors (Lipinski definition) is 0. The molecule has 106 valence electrons. The smallest absolute Gasteiger partial charge is 0.162 e. The van der Waals surface area contributed by atoms with Crippen LogP contribution in [-0.2, 0) is 7.05 Å². The second kappa shape index (κ2) is 5.01. The van der Waals surface area contributed by atoms with Crippen LogP contribution in [-0.4, -0.2) is 10.9 Å². The molecule has 0 aliphatic carbocycles. The molecule has 3 rings (SSSR count). The van der Waals surface area contributed by atoms with E-state index < -0.39 is 11.6 Å². The van der Waals surface area contributed by atoms with Gasteiger partial charge in [-0.2, -0.15) is 0 Å². The average molecular weight is 287 g/mol. The largest absolute Gasteiger partial charge is 0.457 e. The van der Waals surface area contributed by atoms with E-state index >= 15 is 0 Å². The maximum atomic E-state index is 13.2. The Morgan fingerprint density at radius 3 is 2.67 bits per heavy atom. The van der Waals surface area contributed by atoms with E-state index in [1.54, 1.807) is 22.9 Å². The van der Waals surface area contributed by atoms with Gasteiger partial charge in [0.25, 0.3) is 0 Å². The monoisotopic (exact) mass is 287 g/mol. The zero-order valence-corrected chi connectivity index (χ0v) is 11.1. The van der Waals surface area contributed by atoms with Gasteiger partial charge in [0.15, 0.2) is 17.9 Å². The molecule has 1 heterocycles. The van der Waals surface area contributed by atoms with Crippen molar-refractivity contribution in [3.63, 3.8) is 0 Å². The Morgan fingerprint density at radius 2 is 1.95 bits per heavy atom. The number of rotatable bonds is 3. The Hall–Kier alpha value is -2.69. The molecule has 2 aromatic carbocycles. The molecule has 21 heavy (non-hydrogen) atoms. The van der Waals surface area contributed by atoms with Crippen LogP contribution in [0.5, 0.6) is 11.5 Å². The quantitative estimate of drug-likeness (QED) is 0.680. The molecule has 0 saturated heterocycles. The number of halogens is 2. The third-order valence-corrected chi connectivity index (χ3v) is 3.25. The minimum absolute atomic E-state index is 0.169. The summed E-state index contributed by atoms with van der Waals surface area (Å²) in [6.07, 6.45) is 2.43. The lowest BCUT2D eigenvalue weighted by molar-refractivity contribution is 0.112. The molecule has 0 fully saturated rings. The molecule has 0 amide bonds. The number of aldehydes is 1. The van der Waals surface area contributed by atoms with Gasteiger partial charge >= 0.3 is 0 Å². The first-order chi connectivity index (χ1) is 10.1. The van der Waals surface area contributed by atoms with Crippen LogP contribution in [0.2, 0.25) is 0 Å². The van der Waals surface area contributed by atoms with E-state index in [-0.39, 0.29) is 5.75 Å². The molecule has 3 aromatic rings. The zero-order chi connectivity index (χ0) is 15.0. The average Bonchev–Trinajstić information content (AvgIpc) is 2.81. The van der Waals surface area contributed by atoms with Crippen LogP contribution in [0.4, 0.5) is 8.78 Å². The van der Waals surface area contributed by atoms with Crippen molar-refractivity contribution in [2.75, 3.05) is 0 Å². The molecule has 0 N–H and O–H groups in total. The first kappa shape index (κ1) is 13.3. The van der Waals surface area contributed by atoms with E-state index in [1.165, 1.54) is 6.07 Å². The lowest BCUT2D eigenvalue weighted by Gasteiger charge is -2.08. The third kappa shape index (κ3) is 2.27. The van der Waals surface area contributed by atoms with Crippen molar-refractivity contribution < 1.29 is 18.3 Å². The fourth-order valence-corrected chi connectivity index (χ4v) is 2.29. The number of ether oxygens (including phenoxy) is 1. The van der Waals surface area contributed by atoms with E-state index in [2.05, 4.69) is 0 Å². The van der Waals surface area contributed by atoms with Crippen LogP contribution in [0.1, 0.15) is 10.4 Å². The second-order valence-electron chi connectivity index (χ2n) is 4.64. The molecule has 1 aromatic heterocycles. The van der Waals surface area contributed by atoms with E-state index in [1.807, 2.05) is 13.1 Å². The van der Waals surface area contributed by atoms with Crippen molar-refractivity contribution in [2.45, 2.75) is 0 Å². The molecule has 0 spiro atoms. The third-order valence-electron chi connectivity index (χ3n) is 3.25. The van der Waals surface area contributed by atoms with E-state index in [0.717, 1.165) is 23.9 Å². The molecule has 3 nitrogen and oxygen atoms in total. The summed E-state index contributed by atoms with van der Waals surface area (Å²) in [4.78, 5) is 11.2. The number of aromatic nitrogens is 1. The number of hydrogen-bond acceptors (Lipinski definition) is 2. The van der Waals surface area contributed by atoms with Crippen molar-refractivity contribution in [3.05, 3.63) is 59.8 Å². The predicted octanol–water partition coefficient (Wildman–Crippen LogP) is 4.06. The minimum atomic E-state index is -0.983. The maximum Gasteiger partial charge on any atom is 0.162 e. The van der Waals surface area contributed by atoms with Crippen LogP contribution in [0.3, 0.4) is 0 Å². The van der Waals surface area contributed by atoms with E-state index in [0.29, 0.717) is 16.7 Å². The molecule has 5 heteroatoms. The standard InChI is InChI=1S/C16H11F2NO2/c1-19-8-10(9-20)16-14(19)3-2-4-15(16)21-11-5-6-12(17)13(18)7-11/h2-9H,1H3. The van der Waals surface area contributed by atoms with Crippen molar-refractivity contribution in [3.8, 4) is 11.5 Å². The van der Waals surface area contributed by atoms with Crippen molar-refractivity contribution >= 4 is 17.2 Å². The van der Waals surface area contributed by atoms with E-state index in [9.17, 15) is 13.6 Å². The molecule has 0 saturated carbocycles. The summed E-state index contributed by atoms with van der Waals surface area (Å²) in [6.45, 7) is 0. The van der Waals surface area contributed by atoms with Crippen LogP contribution in [0.25, 0.3) is 10.9 Å². The van der Waals surface area contributed by atoms with Gasteiger partial charge in [-0.3, -0.25) is 4.79 Å². The van der Waals surface area contributed by atoms with Gasteiger partial charge in [-0.25, -0.2) is 8.78 Å². The van der Waals surface area contributed by atoms with E-state index in [4.69, 9.17) is 4.74 Å². The van der Waals surface area contributed by atoms with Crippen LogP contribution in [0.15, 0.2) is 42.6 Å². The SMILES string of the molecule is Cn1cc(C=O)c2c(Oc3ccc(F)c(F)c3)cccc21. The number of aryl methyl sites for hydroxylation is 1. The van der Waals surface area contributed by atoms with Gasteiger partial charge in [-0.15, -0.1) is 0 Å². The molecule has 0 aliphatic rings. The van der Waals surface area contributed by atoms with Gasteiger partial charge in [0.1, 0.15) is 11.5 Å². The summed E-state index contributed by atoms with van der Waals surface area (Å²) < 4.78 is 33.6. The number of nitrogens with zero attached hydrogens (tertiary/aromatic N) is 1. The van der Waals surface area contributed by atoms with Crippen molar-refractivity contribution in [2.24, 2.45) is 7.05 Å². The Kier molecular flexibility index (Phi) is 3.17. The fourth-order valence-electron chi connectivity index (χ4n) is 2.29. The Balaban J connectivity index is 2.12. The topological polar surface area (TPSA) is 31.2 Å². The van der Waals surface area contributed by atoms with Gasteiger partial charge in [0.05, 0.1) is 10.9 Å². The van der Waals surface area contributed by atoms with Crippen molar-refractivity contribution in [1.82, 2.24) is 4.57 Å². The van der Waals surface area contributed by atoms with Gasteiger partial charge in [-0.1, -0.05) is 6.07 Å². The van der Waals surface area contributed by atoms with Crippen LogP contribution >= 0.6 is 0 Å². The van der Waals surface area contributed by atoms with Gasteiger partial charge in [0, 0.05) is 24.9 Å². The second-order valence-corrected chi connectivity index (χ2v) is 4.64. The van der Waals surface area contributed by atoms with Crippen LogP contribution < -0.4 is 4.74 Å². The van der Waals surface area contributed by atoms with Crippen molar-refractivity contribution in [1.29, 1.82) is 0 Å². The van der Waals surface area contributed by atoms with Gasteiger partial charge < -0.3 is 9.30 Å². The Bertz CT molecular complexity index is 840. The zero-order valence-electron chi connectivity index (χ0n) is 11.1. The lowest BCUT2D eigenvalue weighted by atomic mass is 10.1. The highest BCUT2D eigenvalue weighted by molar-refractivity contribution is 6.01. The number of benzene rings is 2. The molecule has 0 atom stereocenters. The van der Waals surface area contributed by atoms with Crippen LogP contribution in [0, 0.1) is 11.6 Å². The Labute approximate surface area is 119 Å². The lowest BCUT2D eigenvalue weighted by Crippen LogP contribution is -1.90. The highest BCUT2D eigenvalue weighted by Crippen LogP contribution is 2.33. The molecule has 0 unspecified atom stereocenters. The number of carbonyl (C=O) groups is 1. The van der Waals surface area contributed by atoms with Gasteiger partial charge in [0.2, 0.25) is 0 Å². The molecule has 0 radical (unpaired) electrons. The first-order valence-electron chi connectivity index (χ1n) is 6.26. The molecule has 0 bridgehead atoms. The summed E-state index contributed by atoms with van der Waals surface area (Å²) >= 11 is 0.